The molecule has 1 amide bonds. The molecule has 1 N–H and O–H groups in total. The van der Waals surface area contributed by atoms with Crippen molar-refractivity contribution in [1.82, 2.24) is 4.31 Å². The van der Waals surface area contributed by atoms with E-state index in [0.717, 1.165) is 9.87 Å². The fraction of sp³-hybridized carbons (Fsp3) is 0.269. The molecule has 37 heavy (non-hydrogen) atoms. The van der Waals surface area contributed by atoms with Crippen LogP contribution in [0.2, 0.25) is 5.02 Å². The van der Waals surface area contributed by atoms with Gasteiger partial charge in [-0.25, -0.2) is 16.8 Å². The number of anilines is 2. The SMILES string of the molecule is CCN(CC)S(=O)(=O)c1ccc(NC(=O)CN(c2cc(Cl)ccc2C)S(=O)(=O)c2ccc(C)cc2)cc1. The average molecular weight is 564 g/mol. The molecule has 0 fully saturated rings. The van der Waals surface area contributed by atoms with Crippen LogP contribution in [0.3, 0.4) is 0 Å². The maximum absolute atomic E-state index is 13.6. The molecule has 0 unspecified atom stereocenters. The summed E-state index contributed by atoms with van der Waals surface area (Å²) in [6.45, 7) is 7.26. The van der Waals surface area contributed by atoms with Crippen LogP contribution in [0.25, 0.3) is 0 Å². The number of hydrogen-bond acceptors (Lipinski definition) is 5. The van der Waals surface area contributed by atoms with E-state index in [1.807, 2.05) is 6.92 Å². The largest absolute Gasteiger partial charge is 0.325 e. The third-order valence-electron chi connectivity index (χ3n) is 5.82. The molecule has 0 aliphatic carbocycles. The summed E-state index contributed by atoms with van der Waals surface area (Å²) in [6, 6.07) is 16.9. The molecule has 0 atom stereocenters. The lowest BCUT2D eigenvalue weighted by Crippen LogP contribution is -2.38. The van der Waals surface area contributed by atoms with Gasteiger partial charge >= 0.3 is 0 Å². The molecule has 8 nitrogen and oxygen atoms in total. The smallest absolute Gasteiger partial charge is 0.264 e. The average Bonchev–Trinajstić information content (AvgIpc) is 2.85. The van der Waals surface area contributed by atoms with Crippen LogP contribution in [0.15, 0.2) is 76.5 Å². The van der Waals surface area contributed by atoms with Gasteiger partial charge in [-0.3, -0.25) is 9.10 Å². The lowest BCUT2D eigenvalue weighted by Gasteiger charge is -2.26. The van der Waals surface area contributed by atoms with E-state index in [-0.39, 0.29) is 15.5 Å². The molecule has 0 aliphatic heterocycles. The maximum atomic E-state index is 13.6. The second kappa shape index (κ2) is 11.6. The van der Waals surface area contributed by atoms with Gasteiger partial charge in [-0.05, 0) is 67.9 Å². The standard InChI is InChI=1S/C26H30ClN3O5S2/c1-5-29(6-2)36(32,33)23-15-11-22(12-16-23)28-26(31)18-30(25-17-21(27)10-9-20(25)4)37(34,35)24-13-7-19(3)8-14-24/h7-17H,5-6,18H2,1-4H3,(H,28,31). The first-order valence-corrected chi connectivity index (χ1v) is 14.9. The first-order chi connectivity index (χ1) is 17.4. The fourth-order valence-corrected chi connectivity index (χ4v) is 6.84. The number of hydrogen-bond donors (Lipinski definition) is 1. The number of sulfonamides is 2. The molecular formula is C26H30ClN3O5S2. The van der Waals surface area contributed by atoms with Crippen molar-refractivity contribution in [3.8, 4) is 0 Å². The Bertz CT molecular complexity index is 1470. The van der Waals surface area contributed by atoms with Crippen molar-refractivity contribution in [3.05, 3.63) is 82.9 Å². The van der Waals surface area contributed by atoms with Gasteiger partial charge in [0.15, 0.2) is 0 Å². The Balaban J connectivity index is 1.90. The number of carbonyl (C=O) groups is 1. The predicted molar refractivity (Wildman–Crippen MR) is 147 cm³/mol. The van der Waals surface area contributed by atoms with E-state index in [0.29, 0.717) is 29.4 Å². The molecule has 0 aliphatic rings. The predicted octanol–water partition coefficient (Wildman–Crippen LogP) is 4.82. The van der Waals surface area contributed by atoms with Gasteiger partial charge in [0.25, 0.3) is 10.0 Å². The van der Waals surface area contributed by atoms with Crippen molar-refractivity contribution in [1.29, 1.82) is 0 Å². The highest BCUT2D eigenvalue weighted by Crippen LogP contribution is 2.30. The molecule has 198 valence electrons. The van der Waals surface area contributed by atoms with E-state index in [2.05, 4.69) is 5.32 Å². The molecule has 0 radical (unpaired) electrons. The molecule has 0 saturated heterocycles. The molecule has 0 saturated carbocycles. The highest BCUT2D eigenvalue weighted by atomic mass is 35.5. The maximum Gasteiger partial charge on any atom is 0.264 e. The zero-order valence-electron chi connectivity index (χ0n) is 21.1. The number of carbonyl (C=O) groups excluding carboxylic acids is 1. The summed E-state index contributed by atoms with van der Waals surface area (Å²) < 4.78 is 55.0. The normalized spacial score (nSPS) is 11.9. The summed E-state index contributed by atoms with van der Waals surface area (Å²) >= 11 is 6.16. The number of amides is 1. The Morgan fingerprint density at radius 1 is 0.811 bits per heavy atom. The van der Waals surface area contributed by atoms with Crippen LogP contribution >= 0.6 is 11.6 Å². The zero-order valence-corrected chi connectivity index (χ0v) is 23.5. The summed E-state index contributed by atoms with van der Waals surface area (Å²) in [6.07, 6.45) is 0. The number of halogens is 1. The zero-order chi connectivity index (χ0) is 27.4. The van der Waals surface area contributed by atoms with Gasteiger partial charge in [0.2, 0.25) is 15.9 Å². The fourth-order valence-electron chi connectivity index (χ4n) is 3.74. The third kappa shape index (κ3) is 6.51. The van der Waals surface area contributed by atoms with Crippen LogP contribution in [0, 0.1) is 13.8 Å². The molecule has 0 heterocycles. The van der Waals surface area contributed by atoms with Crippen LogP contribution in [0.5, 0.6) is 0 Å². The van der Waals surface area contributed by atoms with Gasteiger partial charge in [0.05, 0.1) is 15.5 Å². The van der Waals surface area contributed by atoms with E-state index >= 15 is 0 Å². The summed E-state index contributed by atoms with van der Waals surface area (Å²) in [7, 11) is -7.75. The van der Waals surface area contributed by atoms with Crippen LogP contribution < -0.4 is 9.62 Å². The summed E-state index contributed by atoms with van der Waals surface area (Å²) in [5.74, 6) is -0.602. The van der Waals surface area contributed by atoms with E-state index in [1.165, 1.54) is 46.8 Å². The first kappa shape index (κ1) is 28.6. The molecule has 3 aromatic carbocycles. The summed E-state index contributed by atoms with van der Waals surface area (Å²) in [4.78, 5) is 13.2. The number of benzene rings is 3. The molecule has 3 aromatic rings. The minimum Gasteiger partial charge on any atom is -0.325 e. The van der Waals surface area contributed by atoms with Crippen LogP contribution in [0.4, 0.5) is 11.4 Å². The number of aryl methyl sites for hydroxylation is 2. The Hall–Kier alpha value is -2.92. The summed E-state index contributed by atoms with van der Waals surface area (Å²) in [5.41, 5.74) is 2.13. The van der Waals surface area contributed by atoms with Crippen molar-refractivity contribution in [2.24, 2.45) is 0 Å². The van der Waals surface area contributed by atoms with E-state index in [9.17, 15) is 21.6 Å². The van der Waals surface area contributed by atoms with E-state index in [4.69, 9.17) is 11.6 Å². The van der Waals surface area contributed by atoms with Crippen molar-refractivity contribution in [3.63, 3.8) is 0 Å². The minimum absolute atomic E-state index is 0.0382. The van der Waals surface area contributed by atoms with Gasteiger partial charge in [-0.1, -0.05) is 49.2 Å². The molecular weight excluding hydrogens is 534 g/mol. The lowest BCUT2D eigenvalue weighted by atomic mass is 10.2. The van der Waals surface area contributed by atoms with Gasteiger partial charge in [0, 0.05) is 23.8 Å². The van der Waals surface area contributed by atoms with Gasteiger partial charge in [-0.15, -0.1) is 0 Å². The summed E-state index contributed by atoms with van der Waals surface area (Å²) in [5, 5.41) is 2.99. The number of rotatable bonds is 10. The number of nitrogens with one attached hydrogen (secondary N) is 1. The van der Waals surface area contributed by atoms with Crippen molar-refractivity contribution >= 4 is 48.9 Å². The van der Waals surface area contributed by atoms with E-state index < -0.39 is 32.5 Å². The second-order valence-electron chi connectivity index (χ2n) is 8.42. The van der Waals surface area contributed by atoms with Crippen molar-refractivity contribution in [2.45, 2.75) is 37.5 Å². The minimum atomic E-state index is -4.11. The van der Waals surface area contributed by atoms with Crippen molar-refractivity contribution in [2.75, 3.05) is 29.3 Å². The van der Waals surface area contributed by atoms with E-state index in [1.54, 1.807) is 45.0 Å². The molecule has 0 aromatic heterocycles. The van der Waals surface area contributed by atoms with Gasteiger partial charge < -0.3 is 5.32 Å². The topological polar surface area (TPSA) is 104 Å². The third-order valence-corrected chi connectivity index (χ3v) is 9.89. The van der Waals surface area contributed by atoms with Crippen LogP contribution in [0.1, 0.15) is 25.0 Å². The monoisotopic (exact) mass is 563 g/mol. The lowest BCUT2D eigenvalue weighted by molar-refractivity contribution is -0.114. The van der Waals surface area contributed by atoms with Gasteiger partial charge in [0.1, 0.15) is 6.54 Å². The van der Waals surface area contributed by atoms with Crippen LogP contribution in [-0.2, 0) is 24.8 Å². The second-order valence-corrected chi connectivity index (χ2v) is 12.7. The molecule has 11 heteroatoms. The van der Waals surface area contributed by atoms with Gasteiger partial charge in [-0.2, -0.15) is 4.31 Å². The highest BCUT2D eigenvalue weighted by molar-refractivity contribution is 7.92. The van der Waals surface area contributed by atoms with Crippen molar-refractivity contribution < 1.29 is 21.6 Å². The first-order valence-electron chi connectivity index (χ1n) is 11.7. The number of nitrogens with zero attached hydrogens (tertiary/aromatic N) is 2. The Morgan fingerprint density at radius 3 is 1.92 bits per heavy atom. The molecule has 0 bridgehead atoms. The Morgan fingerprint density at radius 2 is 1.35 bits per heavy atom. The Labute approximate surface area is 224 Å². The molecule has 3 rings (SSSR count). The highest BCUT2D eigenvalue weighted by Gasteiger charge is 2.29. The Kier molecular flexibility index (Phi) is 9.01. The van der Waals surface area contributed by atoms with Crippen LogP contribution in [-0.4, -0.2) is 46.7 Å². The quantitative estimate of drug-likeness (QED) is 0.381. The molecule has 0 spiro atoms.